The van der Waals surface area contributed by atoms with Gasteiger partial charge in [-0.25, -0.2) is 0 Å². The van der Waals surface area contributed by atoms with Gasteiger partial charge in [0.1, 0.15) is 0 Å². The lowest BCUT2D eigenvalue weighted by Crippen LogP contribution is -2.30. The van der Waals surface area contributed by atoms with Gasteiger partial charge in [-0.2, -0.15) is 0 Å². The number of nitrogens with two attached hydrogens (primary N) is 1. The van der Waals surface area contributed by atoms with E-state index < -0.39 is 6.04 Å². The number of carbonyl (C=O) groups excluding carboxylic acids is 1. The van der Waals surface area contributed by atoms with E-state index in [0.29, 0.717) is 12.8 Å². The molecule has 0 spiro atoms. The standard InChI is InChI=1S/C11H19NO/c1-5-6-9(12)10(13)7-8-11(2,3)4/h1,9H,6-8,12H2,2-4H3. The zero-order valence-electron chi connectivity index (χ0n) is 8.76. The van der Waals surface area contributed by atoms with Crippen LogP contribution in [0.25, 0.3) is 0 Å². The van der Waals surface area contributed by atoms with Crippen molar-refractivity contribution in [3.05, 3.63) is 0 Å². The highest BCUT2D eigenvalue weighted by molar-refractivity contribution is 5.84. The van der Waals surface area contributed by atoms with Crippen LogP contribution in [0.2, 0.25) is 0 Å². The molecule has 2 nitrogen and oxygen atoms in total. The van der Waals surface area contributed by atoms with Crippen LogP contribution in [0.15, 0.2) is 0 Å². The Morgan fingerprint density at radius 3 is 2.46 bits per heavy atom. The van der Waals surface area contributed by atoms with E-state index in [-0.39, 0.29) is 11.2 Å². The van der Waals surface area contributed by atoms with Crippen LogP contribution in [0.4, 0.5) is 0 Å². The van der Waals surface area contributed by atoms with Crippen molar-refractivity contribution in [3.8, 4) is 12.3 Å². The first-order valence-electron chi connectivity index (χ1n) is 4.58. The molecular formula is C11H19NO. The van der Waals surface area contributed by atoms with E-state index in [0.717, 1.165) is 6.42 Å². The van der Waals surface area contributed by atoms with Crippen molar-refractivity contribution >= 4 is 5.78 Å². The molecular weight excluding hydrogens is 162 g/mol. The Hall–Kier alpha value is -0.810. The van der Waals surface area contributed by atoms with Crippen LogP contribution in [-0.2, 0) is 4.79 Å². The zero-order valence-corrected chi connectivity index (χ0v) is 8.76. The van der Waals surface area contributed by atoms with Crippen molar-refractivity contribution in [2.24, 2.45) is 11.1 Å². The van der Waals surface area contributed by atoms with Crippen LogP contribution in [0.5, 0.6) is 0 Å². The molecule has 0 saturated carbocycles. The van der Waals surface area contributed by atoms with Gasteiger partial charge in [0.05, 0.1) is 6.04 Å². The molecule has 2 heteroatoms. The average Bonchev–Trinajstić information content (AvgIpc) is 1.99. The largest absolute Gasteiger partial charge is 0.321 e. The normalized spacial score (nSPS) is 13.5. The number of ketones is 1. The topological polar surface area (TPSA) is 43.1 Å². The third kappa shape index (κ3) is 6.36. The summed E-state index contributed by atoms with van der Waals surface area (Å²) in [5, 5.41) is 0. The van der Waals surface area contributed by atoms with Gasteiger partial charge in [0.15, 0.2) is 5.78 Å². The lowest BCUT2D eigenvalue weighted by atomic mass is 9.88. The van der Waals surface area contributed by atoms with Crippen molar-refractivity contribution < 1.29 is 4.79 Å². The number of rotatable bonds is 4. The summed E-state index contributed by atoms with van der Waals surface area (Å²) in [5.74, 6) is 2.48. The molecule has 0 aliphatic carbocycles. The summed E-state index contributed by atoms with van der Waals surface area (Å²) in [6.45, 7) is 6.31. The number of hydrogen-bond donors (Lipinski definition) is 1. The summed E-state index contributed by atoms with van der Waals surface area (Å²) in [7, 11) is 0. The van der Waals surface area contributed by atoms with Gasteiger partial charge in [0.25, 0.3) is 0 Å². The fourth-order valence-corrected chi connectivity index (χ4v) is 0.924. The maximum absolute atomic E-state index is 11.4. The van der Waals surface area contributed by atoms with Gasteiger partial charge in [0.2, 0.25) is 0 Å². The lowest BCUT2D eigenvalue weighted by Gasteiger charge is -2.18. The predicted molar refractivity (Wildman–Crippen MR) is 55.1 cm³/mol. The minimum Gasteiger partial charge on any atom is -0.321 e. The smallest absolute Gasteiger partial charge is 0.150 e. The highest BCUT2D eigenvalue weighted by Gasteiger charge is 2.16. The van der Waals surface area contributed by atoms with Gasteiger partial charge < -0.3 is 5.73 Å². The minimum atomic E-state index is -0.465. The molecule has 0 bridgehead atoms. The average molecular weight is 181 g/mol. The van der Waals surface area contributed by atoms with Crippen molar-refractivity contribution in [2.45, 2.75) is 46.1 Å². The summed E-state index contributed by atoms with van der Waals surface area (Å²) in [4.78, 5) is 11.4. The second-order valence-electron chi connectivity index (χ2n) is 4.54. The molecule has 2 N–H and O–H groups in total. The molecule has 0 aromatic rings. The molecule has 0 fully saturated rings. The summed E-state index contributed by atoms with van der Waals surface area (Å²) in [6, 6.07) is -0.465. The zero-order chi connectivity index (χ0) is 10.5. The molecule has 0 saturated heterocycles. The van der Waals surface area contributed by atoms with E-state index in [2.05, 4.69) is 26.7 Å². The Balaban J connectivity index is 3.83. The maximum Gasteiger partial charge on any atom is 0.150 e. The summed E-state index contributed by atoms with van der Waals surface area (Å²) >= 11 is 0. The van der Waals surface area contributed by atoms with Gasteiger partial charge in [-0.05, 0) is 11.8 Å². The highest BCUT2D eigenvalue weighted by Crippen LogP contribution is 2.20. The van der Waals surface area contributed by atoms with Gasteiger partial charge in [0, 0.05) is 12.8 Å². The number of Topliss-reactive ketones (excluding diaryl/α,β-unsaturated/α-hetero) is 1. The first-order chi connectivity index (χ1) is 5.87. The Morgan fingerprint density at radius 1 is 1.54 bits per heavy atom. The second kappa shape index (κ2) is 5.04. The summed E-state index contributed by atoms with van der Waals surface area (Å²) in [5.41, 5.74) is 5.75. The maximum atomic E-state index is 11.4. The first kappa shape index (κ1) is 12.2. The fraction of sp³-hybridized carbons (Fsp3) is 0.727. The molecule has 0 amide bonds. The molecule has 0 aliphatic rings. The van der Waals surface area contributed by atoms with Gasteiger partial charge in [-0.1, -0.05) is 20.8 Å². The quantitative estimate of drug-likeness (QED) is 0.671. The van der Waals surface area contributed by atoms with Crippen molar-refractivity contribution in [1.82, 2.24) is 0 Å². The Labute approximate surface area is 80.9 Å². The fourth-order valence-electron chi connectivity index (χ4n) is 0.924. The first-order valence-corrected chi connectivity index (χ1v) is 4.58. The number of carbonyl (C=O) groups is 1. The van der Waals surface area contributed by atoms with Gasteiger partial charge in [-0.3, -0.25) is 4.79 Å². The van der Waals surface area contributed by atoms with E-state index in [9.17, 15) is 4.79 Å². The molecule has 0 rings (SSSR count). The van der Waals surface area contributed by atoms with Crippen LogP contribution in [0.1, 0.15) is 40.0 Å². The van der Waals surface area contributed by atoms with Crippen LogP contribution >= 0.6 is 0 Å². The lowest BCUT2D eigenvalue weighted by molar-refractivity contribution is -0.120. The minimum absolute atomic E-state index is 0.0767. The van der Waals surface area contributed by atoms with E-state index in [1.54, 1.807) is 0 Å². The third-order valence-corrected chi connectivity index (χ3v) is 1.87. The van der Waals surface area contributed by atoms with E-state index >= 15 is 0 Å². The van der Waals surface area contributed by atoms with Crippen LogP contribution in [0, 0.1) is 17.8 Å². The summed E-state index contributed by atoms with van der Waals surface area (Å²) < 4.78 is 0. The van der Waals surface area contributed by atoms with E-state index in [1.165, 1.54) is 0 Å². The monoisotopic (exact) mass is 181 g/mol. The SMILES string of the molecule is C#CCC(N)C(=O)CCC(C)(C)C. The molecule has 0 heterocycles. The van der Waals surface area contributed by atoms with Crippen LogP contribution in [0.3, 0.4) is 0 Å². The molecule has 13 heavy (non-hydrogen) atoms. The molecule has 1 atom stereocenters. The van der Waals surface area contributed by atoms with Crippen molar-refractivity contribution in [2.75, 3.05) is 0 Å². The Morgan fingerprint density at radius 2 is 2.08 bits per heavy atom. The van der Waals surface area contributed by atoms with E-state index in [4.69, 9.17) is 12.2 Å². The molecule has 0 aliphatic heterocycles. The summed E-state index contributed by atoms with van der Waals surface area (Å²) in [6.07, 6.45) is 6.82. The predicted octanol–water partition coefficient (Wildman–Crippen LogP) is 1.73. The van der Waals surface area contributed by atoms with Crippen LogP contribution < -0.4 is 5.73 Å². The van der Waals surface area contributed by atoms with Crippen LogP contribution in [-0.4, -0.2) is 11.8 Å². The third-order valence-electron chi connectivity index (χ3n) is 1.87. The van der Waals surface area contributed by atoms with Gasteiger partial charge in [-0.15, -0.1) is 12.3 Å². The molecule has 1 unspecified atom stereocenters. The molecule has 0 radical (unpaired) electrons. The second-order valence-corrected chi connectivity index (χ2v) is 4.54. The van der Waals surface area contributed by atoms with Crippen molar-refractivity contribution in [3.63, 3.8) is 0 Å². The Bertz CT molecular complexity index is 207. The number of terminal acetylenes is 1. The van der Waals surface area contributed by atoms with Gasteiger partial charge >= 0.3 is 0 Å². The molecule has 0 aromatic heterocycles. The Kier molecular flexibility index (Phi) is 4.72. The number of hydrogen-bond acceptors (Lipinski definition) is 2. The molecule has 0 aromatic carbocycles. The molecule has 74 valence electrons. The van der Waals surface area contributed by atoms with E-state index in [1.807, 2.05) is 0 Å². The highest BCUT2D eigenvalue weighted by atomic mass is 16.1. The van der Waals surface area contributed by atoms with Crippen molar-refractivity contribution in [1.29, 1.82) is 0 Å².